The zero-order valence-corrected chi connectivity index (χ0v) is 32.9. The molecule has 61 heavy (non-hydrogen) atoms. The Balaban J connectivity index is 1.14. The fraction of sp³-hybridized carbons (Fsp3) is 0. The number of hydrogen-bond acceptors (Lipinski definition) is 5. The number of aromatic nitrogens is 2. The van der Waals surface area contributed by atoms with Gasteiger partial charge in [0, 0.05) is 32.3 Å². The molecule has 0 aliphatic carbocycles. The van der Waals surface area contributed by atoms with Gasteiger partial charge in [-0.15, -0.1) is 11.3 Å². The topological polar surface area (TPSA) is 52.1 Å². The summed E-state index contributed by atoms with van der Waals surface area (Å²) in [5.41, 5.74) is 12.0. The second kappa shape index (κ2) is 12.9. The molecular weight excluding hydrogens is 779 g/mol. The lowest BCUT2D eigenvalue weighted by atomic mass is 9.93. The predicted octanol–water partition coefficient (Wildman–Crippen LogP) is 15.9. The van der Waals surface area contributed by atoms with E-state index in [2.05, 4.69) is 84.9 Å². The third-order valence-electron chi connectivity index (χ3n) is 12.0. The van der Waals surface area contributed by atoms with Gasteiger partial charge in [-0.3, -0.25) is 0 Å². The standard InChI is InChI=1S/C54H28F2N2O2S/c55-35-17-9-29(10-18-35)31-13-21-37-38-22-14-32(30-11-19-36(56)20-12-30)26-44(38)50-49(43(37)25-31)57-51-52(58-50)54(34-16-24-42-40-6-2-4-8-46(40)60-48(42)28-34)61-53(51)33-15-23-41-39-5-1-3-7-45(39)59-47(41)27-33/h1-28H. The lowest BCUT2D eigenvalue weighted by Gasteiger charge is -2.13. The van der Waals surface area contributed by atoms with E-state index in [4.69, 9.17) is 18.8 Å². The van der Waals surface area contributed by atoms with Crippen LogP contribution in [0.25, 0.3) is 131 Å². The van der Waals surface area contributed by atoms with Gasteiger partial charge >= 0.3 is 0 Å². The van der Waals surface area contributed by atoms with Crippen molar-refractivity contribution in [3.8, 4) is 43.1 Å². The lowest BCUT2D eigenvalue weighted by Crippen LogP contribution is -1.93. The predicted molar refractivity (Wildman–Crippen MR) is 246 cm³/mol. The van der Waals surface area contributed by atoms with Gasteiger partial charge in [-0.25, -0.2) is 18.7 Å². The Morgan fingerprint density at radius 1 is 0.311 bits per heavy atom. The lowest BCUT2D eigenvalue weighted by molar-refractivity contribution is 0.627. The van der Waals surface area contributed by atoms with Crippen LogP contribution in [0.1, 0.15) is 0 Å². The van der Waals surface area contributed by atoms with E-state index in [1.54, 1.807) is 35.6 Å². The summed E-state index contributed by atoms with van der Waals surface area (Å²) < 4.78 is 41.0. The van der Waals surface area contributed by atoms with Crippen molar-refractivity contribution in [1.82, 2.24) is 9.97 Å². The molecule has 4 nitrogen and oxygen atoms in total. The Hall–Kier alpha value is -7.74. The number of benzene rings is 9. The van der Waals surface area contributed by atoms with Gasteiger partial charge in [0.15, 0.2) is 0 Å². The maximum absolute atomic E-state index is 14.1. The molecule has 0 saturated heterocycles. The molecule has 0 saturated carbocycles. The van der Waals surface area contributed by atoms with Crippen molar-refractivity contribution in [1.29, 1.82) is 0 Å². The van der Waals surface area contributed by atoms with Gasteiger partial charge in [-0.1, -0.05) is 97.1 Å². The summed E-state index contributed by atoms with van der Waals surface area (Å²) in [5, 5.41) is 8.14. The van der Waals surface area contributed by atoms with Gasteiger partial charge in [-0.2, -0.15) is 0 Å². The van der Waals surface area contributed by atoms with Crippen molar-refractivity contribution >= 4 is 98.8 Å². The van der Waals surface area contributed by atoms with E-state index in [1.165, 1.54) is 24.3 Å². The van der Waals surface area contributed by atoms with Crippen molar-refractivity contribution in [3.63, 3.8) is 0 Å². The van der Waals surface area contributed by atoms with Crippen LogP contribution in [0.5, 0.6) is 0 Å². The minimum absolute atomic E-state index is 0.285. The van der Waals surface area contributed by atoms with Crippen LogP contribution in [-0.4, -0.2) is 9.97 Å². The van der Waals surface area contributed by atoms with Crippen molar-refractivity contribution in [3.05, 3.63) is 181 Å². The fourth-order valence-electron chi connectivity index (χ4n) is 9.05. The molecule has 4 heterocycles. The molecule has 0 fully saturated rings. The summed E-state index contributed by atoms with van der Waals surface area (Å²) in [7, 11) is 0. The number of para-hydroxylation sites is 2. The SMILES string of the molecule is Fc1ccc(-c2ccc3c4ccc(-c5ccc(F)cc5)cc4c4nc5c(-c6ccc7c(c6)oc6ccccc67)sc(-c6ccc7c(c6)oc6ccccc67)c5nc4c3c2)cc1. The molecule has 286 valence electrons. The molecule has 13 rings (SSSR count). The number of halogens is 2. The zero-order valence-electron chi connectivity index (χ0n) is 32.0. The first-order valence-electron chi connectivity index (χ1n) is 20.0. The first kappa shape index (κ1) is 34.2. The van der Waals surface area contributed by atoms with E-state index in [0.717, 1.165) is 131 Å². The Morgan fingerprint density at radius 3 is 1.15 bits per heavy atom. The van der Waals surface area contributed by atoms with Crippen molar-refractivity contribution in [2.75, 3.05) is 0 Å². The largest absolute Gasteiger partial charge is 0.456 e. The number of fused-ring (bicyclic) bond motifs is 13. The van der Waals surface area contributed by atoms with Crippen LogP contribution in [0.2, 0.25) is 0 Å². The smallest absolute Gasteiger partial charge is 0.136 e. The summed E-state index contributed by atoms with van der Waals surface area (Å²) in [6, 6.07) is 54.8. The molecule has 13 aromatic rings. The molecule has 0 spiro atoms. The van der Waals surface area contributed by atoms with Gasteiger partial charge in [-0.05, 0) is 117 Å². The number of furan rings is 2. The Labute approximate surface area is 349 Å². The summed E-state index contributed by atoms with van der Waals surface area (Å²) in [4.78, 5) is 13.2. The normalized spacial score (nSPS) is 12.1. The van der Waals surface area contributed by atoms with Crippen molar-refractivity contribution < 1.29 is 17.6 Å². The van der Waals surface area contributed by atoms with Crippen molar-refractivity contribution in [2.24, 2.45) is 0 Å². The van der Waals surface area contributed by atoms with Crippen LogP contribution in [0.3, 0.4) is 0 Å². The molecule has 0 aliphatic rings. The summed E-state index contributed by atoms with van der Waals surface area (Å²) in [6.45, 7) is 0. The van der Waals surface area contributed by atoms with E-state index in [0.29, 0.717) is 0 Å². The molecule has 0 amide bonds. The number of hydrogen-bond donors (Lipinski definition) is 0. The molecule has 0 atom stereocenters. The zero-order chi connectivity index (χ0) is 40.3. The van der Waals surface area contributed by atoms with Crippen LogP contribution in [-0.2, 0) is 0 Å². The highest BCUT2D eigenvalue weighted by Gasteiger charge is 2.23. The van der Waals surface area contributed by atoms with Gasteiger partial charge in [0.05, 0.1) is 20.8 Å². The van der Waals surface area contributed by atoms with E-state index in [1.807, 2.05) is 36.4 Å². The molecular formula is C54H28F2N2O2S. The highest BCUT2D eigenvalue weighted by molar-refractivity contribution is 7.20. The second-order valence-electron chi connectivity index (χ2n) is 15.5. The molecule has 4 aromatic heterocycles. The molecule has 9 aromatic carbocycles. The summed E-state index contributed by atoms with van der Waals surface area (Å²) >= 11 is 1.65. The Kier molecular flexibility index (Phi) is 7.21. The maximum atomic E-state index is 14.1. The van der Waals surface area contributed by atoms with Crippen LogP contribution >= 0.6 is 11.3 Å². The third kappa shape index (κ3) is 5.27. The van der Waals surface area contributed by atoms with Gasteiger partial charge in [0.25, 0.3) is 0 Å². The molecule has 0 bridgehead atoms. The number of thiophene rings is 1. The maximum Gasteiger partial charge on any atom is 0.136 e. The summed E-state index contributed by atoms with van der Waals surface area (Å²) in [6.07, 6.45) is 0. The average molecular weight is 807 g/mol. The minimum atomic E-state index is -0.285. The molecule has 0 unspecified atom stereocenters. The van der Waals surface area contributed by atoms with Gasteiger partial charge < -0.3 is 8.83 Å². The Bertz CT molecular complexity index is 3700. The first-order chi connectivity index (χ1) is 30.0. The van der Waals surface area contributed by atoms with Crippen LogP contribution in [0.4, 0.5) is 8.78 Å². The Morgan fingerprint density at radius 2 is 0.689 bits per heavy atom. The van der Waals surface area contributed by atoms with E-state index < -0.39 is 0 Å². The van der Waals surface area contributed by atoms with E-state index in [9.17, 15) is 8.78 Å². The van der Waals surface area contributed by atoms with Crippen molar-refractivity contribution in [2.45, 2.75) is 0 Å². The fourth-order valence-corrected chi connectivity index (χ4v) is 10.2. The average Bonchev–Trinajstić information content (AvgIpc) is 3.99. The minimum Gasteiger partial charge on any atom is -0.456 e. The van der Waals surface area contributed by atoms with Crippen LogP contribution in [0.15, 0.2) is 179 Å². The van der Waals surface area contributed by atoms with Crippen LogP contribution < -0.4 is 0 Å². The molecule has 0 radical (unpaired) electrons. The van der Waals surface area contributed by atoms with Crippen LogP contribution in [0, 0.1) is 11.6 Å². The molecule has 7 heteroatoms. The van der Waals surface area contributed by atoms with E-state index >= 15 is 0 Å². The third-order valence-corrected chi connectivity index (χ3v) is 13.3. The molecule has 0 aliphatic heterocycles. The van der Waals surface area contributed by atoms with Gasteiger partial charge in [0.1, 0.15) is 45.0 Å². The second-order valence-corrected chi connectivity index (χ2v) is 16.6. The quantitative estimate of drug-likeness (QED) is 0.166. The number of rotatable bonds is 4. The molecule has 0 N–H and O–H groups in total. The highest BCUT2D eigenvalue weighted by Crippen LogP contribution is 2.47. The van der Waals surface area contributed by atoms with E-state index in [-0.39, 0.29) is 11.6 Å². The highest BCUT2D eigenvalue weighted by atomic mass is 32.1. The summed E-state index contributed by atoms with van der Waals surface area (Å²) in [5.74, 6) is -0.570. The number of nitrogens with zero attached hydrogens (tertiary/aromatic N) is 2. The monoisotopic (exact) mass is 806 g/mol. The van der Waals surface area contributed by atoms with Gasteiger partial charge in [0.2, 0.25) is 0 Å². The first-order valence-corrected chi connectivity index (χ1v) is 20.8.